The average Bonchev–Trinajstić information content (AvgIpc) is 2.42. The molecular formula is C16H16BrNO. The first kappa shape index (κ1) is 13.9. The van der Waals surface area contributed by atoms with E-state index in [1.165, 1.54) is 5.39 Å². The van der Waals surface area contributed by atoms with Gasteiger partial charge in [-0.25, -0.2) is 0 Å². The van der Waals surface area contributed by atoms with Crippen molar-refractivity contribution in [3.8, 4) is 11.8 Å². The Morgan fingerprint density at radius 3 is 2.68 bits per heavy atom. The van der Waals surface area contributed by atoms with Crippen LogP contribution in [-0.4, -0.2) is 6.61 Å². The van der Waals surface area contributed by atoms with E-state index in [1.807, 2.05) is 38.1 Å². The molecule has 0 unspecified atom stereocenters. The molecule has 2 nitrogen and oxygen atoms in total. The lowest BCUT2D eigenvalue weighted by atomic mass is 9.92. The van der Waals surface area contributed by atoms with Crippen molar-refractivity contribution in [2.24, 2.45) is 5.41 Å². The van der Waals surface area contributed by atoms with Gasteiger partial charge >= 0.3 is 0 Å². The highest BCUT2D eigenvalue weighted by Crippen LogP contribution is 2.33. The zero-order valence-corrected chi connectivity index (χ0v) is 12.7. The van der Waals surface area contributed by atoms with Crippen molar-refractivity contribution in [2.45, 2.75) is 20.3 Å². The van der Waals surface area contributed by atoms with Crippen LogP contribution in [0.5, 0.6) is 5.75 Å². The number of ether oxygens (including phenoxy) is 1. The lowest BCUT2D eigenvalue weighted by Crippen LogP contribution is -2.13. The van der Waals surface area contributed by atoms with Gasteiger partial charge in [-0.3, -0.25) is 0 Å². The Bertz CT molecular complexity index is 628. The molecule has 0 saturated carbocycles. The molecule has 3 heteroatoms. The van der Waals surface area contributed by atoms with Gasteiger partial charge < -0.3 is 4.74 Å². The first-order valence-electron chi connectivity index (χ1n) is 6.25. The van der Waals surface area contributed by atoms with E-state index in [1.54, 1.807) is 0 Å². The molecule has 0 N–H and O–H groups in total. The van der Waals surface area contributed by atoms with E-state index in [0.29, 0.717) is 13.0 Å². The van der Waals surface area contributed by atoms with Gasteiger partial charge in [-0.2, -0.15) is 5.26 Å². The molecule has 0 radical (unpaired) electrons. The van der Waals surface area contributed by atoms with Crippen LogP contribution in [-0.2, 0) is 0 Å². The SMILES string of the molecule is CC(C)(C#N)CCOc1ccc2ccccc2c1Br. The van der Waals surface area contributed by atoms with Gasteiger partial charge in [0.2, 0.25) is 0 Å². The number of halogens is 1. The molecule has 2 aromatic rings. The lowest BCUT2D eigenvalue weighted by molar-refractivity contribution is 0.263. The summed E-state index contributed by atoms with van der Waals surface area (Å²) in [4.78, 5) is 0. The molecule has 0 aliphatic carbocycles. The van der Waals surface area contributed by atoms with E-state index in [0.717, 1.165) is 15.6 Å². The van der Waals surface area contributed by atoms with Crippen LogP contribution in [0, 0.1) is 16.7 Å². The van der Waals surface area contributed by atoms with E-state index >= 15 is 0 Å². The van der Waals surface area contributed by atoms with Crippen molar-refractivity contribution in [1.82, 2.24) is 0 Å². The topological polar surface area (TPSA) is 33.0 Å². The number of hydrogen-bond donors (Lipinski definition) is 0. The highest BCUT2D eigenvalue weighted by molar-refractivity contribution is 9.10. The number of nitriles is 1. The standard InChI is InChI=1S/C16H16BrNO/c1-16(2,11-18)9-10-19-14-8-7-12-5-3-4-6-13(12)15(14)17/h3-8H,9-10H2,1-2H3. The van der Waals surface area contributed by atoms with Crippen molar-refractivity contribution in [3.63, 3.8) is 0 Å². The second-order valence-electron chi connectivity index (χ2n) is 5.19. The summed E-state index contributed by atoms with van der Waals surface area (Å²) < 4.78 is 6.76. The summed E-state index contributed by atoms with van der Waals surface area (Å²) in [6, 6.07) is 14.5. The zero-order chi connectivity index (χ0) is 13.9. The Balaban J connectivity index is 2.14. The van der Waals surface area contributed by atoms with Crippen molar-refractivity contribution < 1.29 is 4.74 Å². The lowest BCUT2D eigenvalue weighted by Gasteiger charge is -2.16. The van der Waals surface area contributed by atoms with Gasteiger partial charge in [0.05, 0.1) is 22.6 Å². The predicted octanol–water partition coefficient (Wildman–Crippen LogP) is 4.92. The molecule has 2 rings (SSSR count). The first-order chi connectivity index (χ1) is 9.03. The molecule has 0 aliphatic heterocycles. The molecule has 19 heavy (non-hydrogen) atoms. The Hall–Kier alpha value is -1.53. The second kappa shape index (κ2) is 5.63. The van der Waals surface area contributed by atoms with Gasteiger partial charge in [0.25, 0.3) is 0 Å². The fraction of sp³-hybridized carbons (Fsp3) is 0.312. The van der Waals surface area contributed by atoms with Crippen LogP contribution in [0.3, 0.4) is 0 Å². The van der Waals surface area contributed by atoms with Gasteiger partial charge in [-0.15, -0.1) is 0 Å². The maximum absolute atomic E-state index is 8.97. The largest absolute Gasteiger partial charge is 0.492 e. The molecule has 98 valence electrons. The third-order valence-electron chi connectivity index (χ3n) is 3.12. The molecular weight excluding hydrogens is 302 g/mol. The fourth-order valence-electron chi connectivity index (χ4n) is 1.80. The summed E-state index contributed by atoms with van der Waals surface area (Å²) >= 11 is 3.59. The van der Waals surface area contributed by atoms with E-state index in [4.69, 9.17) is 10.00 Å². The number of rotatable bonds is 4. The quantitative estimate of drug-likeness (QED) is 0.801. The molecule has 0 bridgehead atoms. The van der Waals surface area contributed by atoms with Gasteiger partial charge in [-0.1, -0.05) is 30.3 Å². The fourth-order valence-corrected chi connectivity index (χ4v) is 2.40. The molecule has 0 amide bonds. The normalized spacial score (nSPS) is 11.3. The van der Waals surface area contributed by atoms with E-state index in [9.17, 15) is 0 Å². The van der Waals surface area contributed by atoms with Gasteiger partial charge in [0, 0.05) is 0 Å². The van der Waals surface area contributed by atoms with Crippen molar-refractivity contribution in [3.05, 3.63) is 40.9 Å². The van der Waals surface area contributed by atoms with Crippen LogP contribution in [0.4, 0.5) is 0 Å². The first-order valence-corrected chi connectivity index (χ1v) is 7.04. The molecule has 0 heterocycles. The summed E-state index contributed by atoms with van der Waals surface area (Å²) in [6.07, 6.45) is 0.711. The third kappa shape index (κ3) is 3.27. The van der Waals surface area contributed by atoms with Gasteiger partial charge in [0.1, 0.15) is 5.75 Å². The van der Waals surface area contributed by atoms with Crippen molar-refractivity contribution in [1.29, 1.82) is 5.26 Å². The molecule has 0 atom stereocenters. The monoisotopic (exact) mass is 317 g/mol. The van der Waals surface area contributed by atoms with Crippen molar-refractivity contribution in [2.75, 3.05) is 6.61 Å². The summed E-state index contributed by atoms with van der Waals surface area (Å²) in [7, 11) is 0. The van der Waals surface area contributed by atoms with E-state index in [2.05, 4.69) is 34.1 Å². The summed E-state index contributed by atoms with van der Waals surface area (Å²) in [5, 5.41) is 11.3. The van der Waals surface area contributed by atoms with Crippen LogP contribution < -0.4 is 4.74 Å². The third-order valence-corrected chi connectivity index (χ3v) is 3.93. The zero-order valence-electron chi connectivity index (χ0n) is 11.1. The minimum atomic E-state index is -0.344. The highest BCUT2D eigenvalue weighted by Gasteiger charge is 2.16. The van der Waals surface area contributed by atoms with Crippen molar-refractivity contribution >= 4 is 26.7 Å². The second-order valence-corrected chi connectivity index (χ2v) is 5.99. The Kier molecular flexibility index (Phi) is 4.11. The van der Waals surface area contributed by atoms with Crippen LogP contribution in [0.15, 0.2) is 40.9 Å². The van der Waals surface area contributed by atoms with Crippen LogP contribution in [0.1, 0.15) is 20.3 Å². The molecule has 0 spiro atoms. The minimum Gasteiger partial charge on any atom is -0.492 e. The smallest absolute Gasteiger partial charge is 0.134 e. The van der Waals surface area contributed by atoms with E-state index in [-0.39, 0.29) is 5.41 Å². The Morgan fingerprint density at radius 2 is 1.95 bits per heavy atom. The number of hydrogen-bond acceptors (Lipinski definition) is 2. The highest BCUT2D eigenvalue weighted by atomic mass is 79.9. The molecule has 0 saturated heterocycles. The van der Waals surface area contributed by atoms with Gasteiger partial charge in [0.15, 0.2) is 0 Å². The summed E-state index contributed by atoms with van der Waals surface area (Å²) in [6.45, 7) is 4.38. The minimum absolute atomic E-state index is 0.344. The Morgan fingerprint density at radius 1 is 1.21 bits per heavy atom. The van der Waals surface area contributed by atoms with Crippen LogP contribution in [0.2, 0.25) is 0 Å². The average molecular weight is 318 g/mol. The number of nitrogens with zero attached hydrogens (tertiary/aromatic N) is 1. The molecule has 0 fully saturated rings. The summed E-state index contributed by atoms with van der Waals surface area (Å²) in [5.74, 6) is 0.826. The Labute approximate surface area is 122 Å². The van der Waals surface area contributed by atoms with Crippen LogP contribution >= 0.6 is 15.9 Å². The summed E-state index contributed by atoms with van der Waals surface area (Å²) in [5.41, 5.74) is -0.344. The number of benzene rings is 2. The number of fused-ring (bicyclic) bond motifs is 1. The molecule has 2 aromatic carbocycles. The predicted molar refractivity (Wildman–Crippen MR) is 81.2 cm³/mol. The van der Waals surface area contributed by atoms with E-state index < -0.39 is 0 Å². The maximum Gasteiger partial charge on any atom is 0.134 e. The molecule has 0 aliphatic rings. The van der Waals surface area contributed by atoms with Crippen LogP contribution in [0.25, 0.3) is 10.8 Å². The maximum atomic E-state index is 8.97. The molecule has 0 aromatic heterocycles. The van der Waals surface area contributed by atoms with Gasteiger partial charge in [-0.05, 0) is 53.0 Å².